The van der Waals surface area contributed by atoms with E-state index in [9.17, 15) is 33.9 Å². The molecule has 0 radical (unpaired) electrons. The number of H-pyrrole nitrogens is 1. The number of aromatic amines is 1. The van der Waals surface area contributed by atoms with E-state index >= 15 is 0 Å². The van der Waals surface area contributed by atoms with Crippen molar-refractivity contribution in [2.24, 2.45) is 5.73 Å². The number of hydrogen-bond acceptors (Lipinski definition) is 9. The minimum Gasteiger partial charge on any atom is -0.480 e. The highest BCUT2D eigenvalue weighted by Gasteiger charge is 2.27. The smallest absolute Gasteiger partial charge is 0.326 e. The first-order chi connectivity index (χ1) is 20.5. The number of aliphatic carboxylic acids is 1. The van der Waals surface area contributed by atoms with Gasteiger partial charge in [0, 0.05) is 18.3 Å². The summed E-state index contributed by atoms with van der Waals surface area (Å²) in [4.78, 5) is 80.5. The number of rotatable bonds is 18. The van der Waals surface area contributed by atoms with Gasteiger partial charge in [0.05, 0.1) is 25.5 Å². The Balaban J connectivity index is 1.81. The molecule has 0 aliphatic heterocycles. The van der Waals surface area contributed by atoms with E-state index in [-0.39, 0.29) is 12.8 Å². The third-order valence-corrected chi connectivity index (χ3v) is 6.76. The van der Waals surface area contributed by atoms with Crippen LogP contribution in [-0.2, 0) is 41.6 Å². The predicted octanol–water partition coefficient (Wildman–Crippen LogP) is -1.93. The van der Waals surface area contributed by atoms with Crippen molar-refractivity contribution in [3.05, 3.63) is 54.1 Å². The van der Waals surface area contributed by atoms with Gasteiger partial charge >= 0.3 is 5.97 Å². The first-order valence-corrected chi connectivity index (χ1v) is 14.8. The van der Waals surface area contributed by atoms with E-state index in [0.717, 1.165) is 5.56 Å². The molecule has 16 heteroatoms. The molecule has 4 atom stereocenters. The van der Waals surface area contributed by atoms with Crippen LogP contribution in [-0.4, -0.2) is 99.8 Å². The summed E-state index contributed by atoms with van der Waals surface area (Å²) in [5, 5.41) is 21.6. The lowest BCUT2D eigenvalue weighted by Gasteiger charge is -2.22. The monoisotopic (exact) mass is 618 g/mol. The van der Waals surface area contributed by atoms with Crippen molar-refractivity contribution in [2.45, 2.75) is 50.4 Å². The number of imidazole rings is 1. The molecule has 0 fully saturated rings. The van der Waals surface area contributed by atoms with Gasteiger partial charge < -0.3 is 42.4 Å². The Labute approximate surface area is 252 Å². The molecule has 2 aromatic rings. The number of nitrogens with two attached hydrogens (primary N) is 1. The Kier molecular flexibility index (Phi) is 14.7. The molecule has 0 unspecified atom stereocenters. The number of carbonyl (C=O) groups is 6. The van der Waals surface area contributed by atoms with Crippen molar-refractivity contribution < 1.29 is 33.9 Å². The molecular formula is C27H38N8O7S. The third kappa shape index (κ3) is 13.0. The van der Waals surface area contributed by atoms with Crippen molar-refractivity contribution in [3.8, 4) is 0 Å². The van der Waals surface area contributed by atoms with Gasteiger partial charge in [-0.15, -0.1) is 0 Å². The molecule has 0 bridgehead atoms. The lowest BCUT2D eigenvalue weighted by atomic mass is 10.1. The molecule has 0 spiro atoms. The van der Waals surface area contributed by atoms with Gasteiger partial charge in [0.2, 0.25) is 29.5 Å². The first-order valence-electron chi connectivity index (χ1n) is 13.4. The summed E-state index contributed by atoms with van der Waals surface area (Å²) in [6, 6.07) is 4.91. The molecule has 234 valence electrons. The van der Waals surface area contributed by atoms with Crippen molar-refractivity contribution in [2.75, 3.05) is 25.1 Å². The van der Waals surface area contributed by atoms with Gasteiger partial charge in [0.15, 0.2) is 0 Å². The standard InChI is InChI=1S/C27H38N8O7S/c1-16(24(38)35-21(27(41)42)11-18-12-29-15-32-18)33-26(40)20(8-9-43-2)34-23(37)14-30-22(36)13-31-25(39)19(28)10-17-6-4-3-5-7-17/h3-7,12,15-16,19-21H,8-11,13-14,28H2,1-2H3,(H,29,32)(H,30,36)(H,31,39)(H,33,40)(H,34,37)(H,35,38)(H,41,42)/t16-,19-,20-,21-/m0/s1. The van der Waals surface area contributed by atoms with Gasteiger partial charge in [-0.05, 0) is 37.3 Å². The maximum Gasteiger partial charge on any atom is 0.326 e. The summed E-state index contributed by atoms with van der Waals surface area (Å²) < 4.78 is 0. The van der Waals surface area contributed by atoms with Crippen molar-refractivity contribution in [3.63, 3.8) is 0 Å². The number of amides is 5. The Bertz CT molecular complexity index is 1230. The maximum absolute atomic E-state index is 12.9. The van der Waals surface area contributed by atoms with Gasteiger partial charge in [-0.2, -0.15) is 11.8 Å². The molecule has 43 heavy (non-hydrogen) atoms. The van der Waals surface area contributed by atoms with Crippen molar-refractivity contribution >= 4 is 47.3 Å². The van der Waals surface area contributed by atoms with Crippen LogP contribution in [0.2, 0.25) is 0 Å². The lowest BCUT2D eigenvalue weighted by Crippen LogP contribution is -2.56. The fourth-order valence-electron chi connectivity index (χ4n) is 3.74. The van der Waals surface area contributed by atoms with E-state index in [1.54, 1.807) is 0 Å². The number of carboxylic acid groups (broad SMARTS) is 1. The van der Waals surface area contributed by atoms with Crippen molar-refractivity contribution in [1.29, 1.82) is 0 Å². The van der Waals surface area contributed by atoms with E-state index in [4.69, 9.17) is 5.73 Å². The van der Waals surface area contributed by atoms with Crippen LogP contribution in [0.4, 0.5) is 0 Å². The van der Waals surface area contributed by atoms with Crippen LogP contribution >= 0.6 is 11.8 Å². The summed E-state index contributed by atoms with van der Waals surface area (Å²) in [5.74, 6) is -3.95. The Hall–Kier alpha value is -4.44. The predicted molar refractivity (Wildman–Crippen MR) is 159 cm³/mol. The highest BCUT2D eigenvalue weighted by molar-refractivity contribution is 7.98. The molecular weight excluding hydrogens is 580 g/mol. The Morgan fingerprint density at radius 1 is 0.907 bits per heavy atom. The maximum atomic E-state index is 12.9. The number of nitrogens with one attached hydrogen (secondary N) is 6. The zero-order chi connectivity index (χ0) is 31.8. The molecule has 0 aliphatic carbocycles. The largest absolute Gasteiger partial charge is 0.480 e. The summed E-state index contributed by atoms with van der Waals surface area (Å²) in [5.41, 5.74) is 7.27. The van der Waals surface area contributed by atoms with Crippen molar-refractivity contribution in [1.82, 2.24) is 36.6 Å². The number of nitrogens with zero attached hydrogens (tertiary/aromatic N) is 1. The molecule has 1 aromatic heterocycles. The Morgan fingerprint density at radius 2 is 1.60 bits per heavy atom. The van der Waals surface area contributed by atoms with Gasteiger partial charge in [-0.25, -0.2) is 9.78 Å². The number of aromatic nitrogens is 2. The number of carbonyl (C=O) groups excluding carboxylic acids is 5. The van der Waals surface area contributed by atoms with Gasteiger partial charge in [0.1, 0.15) is 18.1 Å². The lowest BCUT2D eigenvalue weighted by molar-refractivity contribution is -0.142. The number of thioether (sulfide) groups is 1. The highest BCUT2D eigenvalue weighted by Crippen LogP contribution is 2.04. The minimum absolute atomic E-state index is 0.0377. The number of carboxylic acids is 1. The third-order valence-electron chi connectivity index (χ3n) is 6.11. The first kappa shape index (κ1) is 34.8. The highest BCUT2D eigenvalue weighted by atomic mass is 32.2. The molecule has 2 rings (SSSR count). The second-order valence-corrected chi connectivity index (χ2v) is 10.6. The average molecular weight is 619 g/mol. The van der Waals surface area contributed by atoms with Crippen LogP contribution in [0.1, 0.15) is 24.6 Å². The molecule has 1 aromatic carbocycles. The molecule has 0 saturated heterocycles. The second-order valence-electron chi connectivity index (χ2n) is 9.60. The second kappa shape index (κ2) is 18.2. The normalized spacial score (nSPS) is 13.5. The van der Waals surface area contributed by atoms with Crippen LogP contribution in [0, 0.1) is 0 Å². The zero-order valence-electron chi connectivity index (χ0n) is 23.9. The average Bonchev–Trinajstić information content (AvgIpc) is 3.50. The van der Waals surface area contributed by atoms with Gasteiger partial charge in [0.25, 0.3) is 0 Å². The van der Waals surface area contributed by atoms with Crippen LogP contribution < -0.4 is 32.3 Å². The minimum atomic E-state index is -1.26. The van der Waals surface area contributed by atoms with E-state index in [0.29, 0.717) is 17.9 Å². The zero-order valence-corrected chi connectivity index (χ0v) is 24.7. The summed E-state index contributed by atoms with van der Waals surface area (Å²) in [7, 11) is 0. The molecule has 1 heterocycles. The fraction of sp³-hybridized carbons (Fsp3) is 0.444. The number of hydrogen-bond donors (Lipinski definition) is 8. The van der Waals surface area contributed by atoms with Crippen LogP contribution in [0.25, 0.3) is 0 Å². The summed E-state index contributed by atoms with van der Waals surface area (Å²) in [6.07, 6.45) is 5.13. The summed E-state index contributed by atoms with van der Waals surface area (Å²) >= 11 is 1.44. The van der Waals surface area contributed by atoms with E-state index < -0.39 is 72.8 Å². The molecule has 9 N–H and O–H groups in total. The molecule has 5 amide bonds. The SMILES string of the molecule is CSCC[C@H](NC(=O)CNC(=O)CNC(=O)[C@@H](N)Cc1ccccc1)C(=O)N[C@@H](C)C(=O)N[C@@H](Cc1cnc[nH]1)C(=O)O. The topological polar surface area (TPSA) is 238 Å². The molecule has 0 saturated carbocycles. The van der Waals surface area contributed by atoms with Crippen LogP contribution in [0.3, 0.4) is 0 Å². The van der Waals surface area contributed by atoms with E-state index in [2.05, 4.69) is 36.6 Å². The fourth-order valence-corrected chi connectivity index (χ4v) is 4.21. The number of benzene rings is 1. The van der Waals surface area contributed by atoms with Gasteiger partial charge in [-0.1, -0.05) is 30.3 Å². The van der Waals surface area contributed by atoms with Crippen LogP contribution in [0.5, 0.6) is 0 Å². The van der Waals surface area contributed by atoms with E-state index in [1.807, 2.05) is 36.6 Å². The molecule has 15 nitrogen and oxygen atoms in total. The van der Waals surface area contributed by atoms with E-state index in [1.165, 1.54) is 31.2 Å². The summed E-state index contributed by atoms with van der Waals surface area (Å²) in [6.45, 7) is 0.531. The molecule has 0 aliphatic rings. The van der Waals surface area contributed by atoms with Crippen LogP contribution in [0.15, 0.2) is 42.9 Å². The quantitative estimate of drug-likeness (QED) is 0.0920. The van der Waals surface area contributed by atoms with Gasteiger partial charge in [-0.3, -0.25) is 24.0 Å². The Morgan fingerprint density at radius 3 is 2.23 bits per heavy atom.